The van der Waals surface area contributed by atoms with Crippen molar-refractivity contribution < 1.29 is 4.74 Å². The van der Waals surface area contributed by atoms with E-state index in [2.05, 4.69) is 86.0 Å². The van der Waals surface area contributed by atoms with Crippen molar-refractivity contribution >= 4 is 0 Å². The van der Waals surface area contributed by atoms with Gasteiger partial charge in [-0.1, -0.05) is 85.7 Å². The number of benzene rings is 2. The van der Waals surface area contributed by atoms with Crippen molar-refractivity contribution in [1.82, 2.24) is 0 Å². The van der Waals surface area contributed by atoms with Crippen molar-refractivity contribution in [2.45, 2.75) is 51.4 Å². The van der Waals surface area contributed by atoms with Crippen LogP contribution in [0.3, 0.4) is 0 Å². The smallest absolute Gasteiger partial charge is 0.0466 e. The molecule has 0 radical (unpaired) electrons. The number of allylic oxidation sites excluding steroid dienone is 2. The van der Waals surface area contributed by atoms with Crippen molar-refractivity contribution in [3.63, 3.8) is 0 Å². The van der Waals surface area contributed by atoms with E-state index < -0.39 is 0 Å². The van der Waals surface area contributed by atoms with E-state index in [1.165, 1.54) is 36.8 Å². The molecule has 1 heteroatoms. The molecule has 0 amide bonds. The Hall–Kier alpha value is -2.12. The highest BCUT2D eigenvalue weighted by Crippen LogP contribution is 2.17. The van der Waals surface area contributed by atoms with Crippen LogP contribution < -0.4 is 0 Å². The predicted octanol–water partition coefficient (Wildman–Crippen LogP) is 7.43. The summed E-state index contributed by atoms with van der Waals surface area (Å²) < 4.78 is 5.85. The molecule has 0 saturated carbocycles. The third-order valence-electron chi connectivity index (χ3n) is 5.58. The van der Waals surface area contributed by atoms with Gasteiger partial charge in [-0.25, -0.2) is 0 Å². The highest BCUT2D eigenvalue weighted by atomic mass is 16.5. The monoisotopic (exact) mass is 390 g/mol. The van der Waals surface area contributed by atoms with Crippen LogP contribution in [0.5, 0.6) is 0 Å². The van der Waals surface area contributed by atoms with Crippen LogP contribution in [0.1, 0.15) is 49.7 Å². The summed E-state index contributed by atoms with van der Waals surface area (Å²) in [5, 5.41) is 0. The second kappa shape index (κ2) is 14.8. The molecule has 0 aliphatic heterocycles. The predicted molar refractivity (Wildman–Crippen MR) is 126 cm³/mol. The summed E-state index contributed by atoms with van der Waals surface area (Å²) in [7, 11) is 0. The lowest BCUT2D eigenvalue weighted by Crippen LogP contribution is -2.04. The van der Waals surface area contributed by atoms with E-state index in [0.29, 0.717) is 11.8 Å². The van der Waals surface area contributed by atoms with Crippen LogP contribution >= 0.6 is 0 Å². The van der Waals surface area contributed by atoms with Gasteiger partial charge in [0.1, 0.15) is 0 Å². The Morgan fingerprint density at radius 3 is 1.41 bits per heavy atom. The second-order valence-corrected chi connectivity index (χ2v) is 7.97. The van der Waals surface area contributed by atoms with Crippen LogP contribution in [0.4, 0.5) is 0 Å². The molecule has 1 nitrogen and oxygen atoms in total. The molecular weight excluding hydrogens is 352 g/mol. The van der Waals surface area contributed by atoms with Crippen LogP contribution in [0.15, 0.2) is 86.0 Å². The first-order chi connectivity index (χ1) is 14.3. The van der Waals surface area contributed by atoms with E-state index in [-0.39, 0.29) is 0 Å². The Labute approximate surface area is 178 Å². The second-order valence-electron chi connectivity index (χ2n) is 7.97. The van der Waals surface area contributed by atoms with Crippen molar-refractivity contribution in [3.8, 4) is 0 Å². The molecule has 2 aromatic rings. The number of unbranched alkanes of at least 4 members (excludes halogenated alkanes) is 2. The van der Waals surface area contributed by atoms with Gasteiger partial charge in [-0.05, 0) is 61.5 Å². The van der Waals surface area contributed by atoms with E-state index in [1.54, 1.807) is 0 Å². The summed E-state index contributed by atoms with van der Waals surface area (Å²) in [6.45, 7) is 9.79. The Bertz CT molecular complexity index is 602. The number of ether oxygens (including phenoxy) is 1. The molecule has 2 aromatic carbocycles. The first-order valence-corrected chi connectivity index (χ1v) is 11.2. The number of rotatable bonds is 16. The average molecular weight is 391 g/mol. The fraction of sp³-hybridized carbons (Fsp3) is 0.429. The molecule has 0 aliphatic carbocycles. The molecule has 156 valence electrons. The molecular formula is C28H38O. The average Bonchev–Trinajstić information content (AvgIpc) is 2.77. The number of hydrogen-bond acceptors (Lipinski definition) is 1. The van der Waals surface area contributed by atoms with Crippen LogP contribution in [-0.2, 0) is 17.6 Å². The molecule has 0 fully saturated rings. The van der Waals surface area contributed by atoms with Gasteiger partial charge in [0, 0.05) is 13.2 Å². The van der Waals surface area contributed by atoms with Crippen molar-refractivity contribution in [2.75, 3.05) is 13.2 Å². The van der Waals surface area contributed by atoms with Crippen LogP contribution in [0, 0.1) is 11.8 Å². The Kier molecular flexibility index (Phi) is 11.8. The van der Waals surface area contributed by atoms with Gasteiger partial charge in [0.2, 0.25) is 0 Å². The van der Waals surface area contributed by atoms with Crippen LogP contribution in [-0.4, -0.2) is 13.2 Å². The topological polar surface area (TPSA) is 9.23 Å². The summed E-state index contributed by atoms with van der Waals surface area (Å²) >= 11 is 0. The zero-order valence-electron chi connectivity index (χ0n) is 18.0. The Morgan fingerprint density at radius 2 is 1.03 bits per heavy atom. The maximum absolute atomic E-state index is 5.85. The zero-order chi connectivity index (χ0) is 20.6. The van der Waals surface area contributed by atoms with E-state index in [0.717, 1.165) is 38.9 Å². The van der Waals surface area contributed by atoms with Crippen LogP contribution in [0.2, 0.25) is 0 Å². The van der Waals surface area contributed by atoms with E-state index in [4.69, 9.17) is 4.74 Å². The van der Waals surface area contributed by atoms with Gasteiger partial charge in [-0.3, -0.25) is 0 Å². The van der Waals surface area contributed by atoms with E-state index in [9.17, 15) is 0 Å². The molecule has 29 heavy (non-hydrogen) atoms. The summed E-state index contributed by atoms with van der Waals surface area (Å²) in [4.78, 5) is 0. The lowest BCUT2D eigenvalue weighted by molar-refractivity contribution is 0.124. The molecule has 0 saturated heterocycles. The highest BCUT2D eigenvalue weighted by Gasteiger charge is 2.06. The standard InChI is InChI=1S/C28H38O/c1-3-25(23-27-17-7-5-8-18-27)15-11-13-21-29-22-14-12-16-26(4-2)24-28-19-9-6-10-20-28/h3-10,17-20,25-26H,1-2,11-16,21-24H2. The minimum atomic E-state index is 0.567. The fourth-order valence-corrected chi connectivity index (χ4v) is 3.76. The van der Waals surface area contributed by atoms with E-state index >= 15 is 0 Å². The van der Waals surface area contributed by atoms with Gasteiger partial charge >= 0.3 is 0 Å². The highest BCUT2D eigenvalue weighted by molar-refractivity contribution is 5.16. The Morgan fingerprint density at radius 1 is 0.621 bits per heavy atom. The normalized spacial score (nSPS) is 13.0. The maximum Gasteiger partial charge on any atom is 0.0466 e. The third kappa shape index (κ3) is 10.3. The summed E-state index contributed by atoms with van der Waals surface area (Å²) in [5.74, 6) is 1.13. The van der Waals surface area contributed by atoms with Gasteiger partial charge in [0.15, 0.2) is 0 Å². The van der Waals surface area contributed by atoms with Gasteiger partial charge in [0.05, 0.1) is 0 Å². The first kappa shape index (κ1) is 23.2. The van der Waals surface area contributed by atoms with Crippen molar-refractivity contribution in [1.29, 1.82) is 0 Å². The largest absolute Gasteiger partial charge is 0.381 e. The SMILES string of the molecule is C=CC(CCCCOCCCCC(C=C)Cc1ccccc1)Cc1ccccc1. The summed E-state index contributed by atoms with van der Waals surface area (Å²) in [6.07, 6.45) is 13.5. The van der Waals surface area contributed by atoms with Crippen molar-refractivity contribution in [2.24, 2.45) is 11.8 Å². The van der Waals surface area contributed by atoms with Crippen LogP contribution in [0.25, 0.3) is 0 Å². The molecule has 0 N–H and O–H groups in total. The molecule has 0 bridgehead atoms. The van der Waals surface area contributed by atoms with E-state index in [1.807, 2.05) is 0 Å². The first-order valence-electron chi connectivity index (χ1n) is 11.2. The molecule has 2 rings (SSSR count). The molecule has 0 spiro atoms. The third-order valence-corrected chi connectivity index (χ3v) is 5.58. The minimum Gasteiger partial charge on any atom is -0.381 e. The fourth-order valence-electron chi connectivity index (χ4n) is 3.76. The molecule has 2 unspecified atom stereocenters. The maximum atomic E-state index is 5.85. The zero-order valence-corrected chi connectivity index (χ0v) is 18.0. The number of hydrogen-bond donors (Lipinski definition) is 0. The molecule has 0 aromatic heterocycles. The van der Waals surface area contributed by atoms with Crippen molar-refractivity contribution in [3.05, 3.63) is 97.1 Å². The summed E-state index contributed by atoms with van der Waals surface area (Å²) in [6, 6.07) is 21.4. The molecule has 2 atom stereocenters. The molecule has 0 aliphatic rings. The summed E-state index contributed by atoms with van der Waals surface area (Å²) in [5.41, 5.74) is 2.80. The van der Waals surface area contributed by atoms with Gasteiger partial charge in [0.25, 0.3) is 0 Å². The lowest BCUT2D eigenvalue weighted by atomic mass is 9.94. The lowest BCUT2D eigenvalue weighted by Gasteiger charge is -2.13. The minimum absolute atomic E-state index is 0.567. The molecule has 0 heterocycles. The van der Waals surface area contributed by atoms with Gasteiger partial charge < -0.3 is 4.74 Å². The Balaban J connectivity index is 1.47. The van der Waals surface area contributed by atoms with Gasteiger partial charge in [-0.2, -0.15) is 0 Å². The quantitative estimate of drug-likeness (QED) is 0.214. The van der Waals surface area contributed by atoms with Gasteiger partial charge in [-0.15, -0.1) is 13.2 Å².